The van der Waals surface area contributed by atoms with Gasteiger partial charge >= 0.3 is 0 Å². The van der Waals surface area contributed by atoms with Crippen molar-refractivity contribution >= 4 is 28.0 Å². The van der Waals surface area contributed by atoms with E-state index >= 15 is 0 Å². The average Bonchev–Trinajstić information content (AvgIpc) is 2.71. The molecule has 5 N–H and O–H groups in total. The maximum Gasteiger partial charge on any atom is 0.226 e. The Hall–Kier alpha value is -3.51. The van der Waals surface area contributed by atoms with Gasteiger partial charge in [-0.1, -0.05) is 77.0 Å². The third-order valence-corrected chi connectivity index (χ3v) is 4.18. The first kappa shape index (κ1) is 17.3. The second kappa shape index (κ2) is 7.58. The first-order valence-electron chi connectivity index (χ1n) is 8.01. The molecule has 0 aliphatic rings. The summed E-state index contributed by atoms with van der Waals surface area (Å²) in [6.07, 6.45) is 0. The molecule has 130 valence electrons. The van der Waals surface area contributed by atoms with Gasteiger partial charge in [0.05, 0.1) is 0 Å². The van der Waals surface area contributed by atoms with Crippen LogP contribution in [-0.4, -0.2) is 33.7 Å². The van der Waals surface area contributed by atoms with Crippen molar-refractivity contribution in [2.75, 3.05) is 0 Å². The van der Waals surface area contributed by atoms with Crippen molar-refractivity contribution in [3.8, 4) is 0 Å². The highest BCUT2D eigenvalue weighted by Crippen LogP contribution is 2.17. The van der Waals surface area contributed by atoms with Crippen molar-refractivity contribution in [2.24, 2.45) is 10.3 Å². The molecule has 3 aromatic carbocycles. The Morgan fingerprint density at radius 1 is 0.808 bits per heavy atom. The number of ketones is 1. The molecular formula is C20H18N3O3+. The molecule has 6 nitrogen and oxygen atoms in total. The van der Waals surface area contributed by atoms with Crippen molar-refractivity contribution in [1.29, 1.82) is 0 Å². The molecule has 1 atom stereocenters. The smallest absolute Gasteiger partial charge is 0.226 e. The summed E-state index contributed by atoms with van der Waals surface area (Å²) in [5.41, 5.74) is 4.69. The lowest BCUT2D eigenvalue weighted by Crippen LogP contribution is -2.70. The standard InChI is InChI=1S/C20H17N3O3/c21-17(19(23-26)18(22-25)14-7-2-1-3-8-14)20(24)16-11-10-13-6-4-5-9-15(13)12-16/h1-12,17,25-26H,21H2/p+1. The minimum Gasteiger partial charge on any atom is -0.410 e. The molecule has 0 saturated carbocycles. The Morgan fingerprint density at radius 2 is 1.46 bits per heavy atom. The lowest BCUT2D eigenvalue weighted by atomic mass is 9.94. The fraction of sp³-hybridized carbons (Fsp3) is 0.0500. The SMILES string of the molecule is [NH3+]C(C(=O)c1ccc2ccccc2c1)C(=NO)C(=NO)c1ccccc1. The molecule has 26 heavy (non-hydrogen) atoms. The molecule has 0 fully saturated rings. The Kier molecular flexibility index (Phi) is 5.05. The van der Waals surface area contributed by atoms with Gasteiger partial charge in [-0.15, -0.1) is 0 Å². The van der Waals surface area contributed by atoms with Gasteiger partial charge in [0.1, 0.15) is 5.71 Å². The maximum atomic E-state index is 12.8. The minimum absolute atomic E-state index is 0.00207. The Labute approximate surface area is 149 Å². The van der Waals surface area contributed by atoms with E-state index in [9.17, 15) is 15.2 Å². The first-order valence-corrected chi connectivity index (χ1v) is 8.01. The van der Waals surface area contributed by atoms with Gasteiger partial charge < -0.3 is 16.1 Å². The number of Topliss-reactive ketones (excluding diaryl/α,β-unsaturated/α-hetero) is 1. The first-order chi connectivity index (χ1) is 12.7. The quantitative estimate of drug-likeness (QED) is 0.285. The molecule has 0 spiro atoms. The van der Waals surface area contributed by atoms with Crippen LogP contribution in [0.4, 0.5) is 0 Å². The second-order valence-electron chi connectivity index (χ2n) is 5.78. The summed E-state index contributed by atoms with van der Waals surface area (Å²) in [6, 6.07) is 20.6. The van der Waals surface area contributed by atoms with Crippen LogP contribution < -0.4 is 5.73 Å². The number of nitrogens with zero attached hydrogens (tertiary/aromatic N) is 2. The predicted molar refractivity (Wildman–Crippen MR) is 98.9 cm³/mol. The second-order valence-corrected chi connectivity index (χ2v) is 5.78. The van der Waals surface area contributed by atoms with Gasteiger partial charge in [-0.2, -0.15) is 0 Å². The molecule has 0 amide bonds. The van der Waals surface area contributed by atoms with Gasteiger partial charge in [-0.25, -0.2) is 0 Å². The molecule has 0 aliphatic carbocycles. The molecular weight excluding hydrogens is 330 g/mol. The normalized spacial score (nSPS) is 13.6. The van der Waals surface area contributed by atoms with Crippen LogP contribution in [0.15, 0.2) is 83.1 Å². The Bertz CT molecular complexity index is 997. The highest BCUT2D eigenvalue weighted by Gasteiger charge is 2.31. The summed E-state index contributed by atoms with van der Waals surface area (Å²) in [6.45, 7) is 0. The number of rotatable bonds is 5. The van der Waals surface area contributed by atoms with Crippen molar-refractivity contribution in [3.05, 3.63) is 83.9 Å². The zero-order valence-corrected chi connectivity index (χ0v) is 13.9. The molecule has 0 aliphatic heterocycles. The third-order valence-electron chi connectivity index (χ3n) is 4.18. The average molecular weight is 348 g/mol. The number of carbonyl (C=O) groups excluding carboxylic acids is 1. The summed E-state index contributed by atoms with van der Waals surface area (Å²) in [7, 11) is 0. The Morgan fingerprint density at radius 3 is 2.12 bits per heavy atom. The fourth-order valence-corrected chi connectivity index (χ4v) is 2.80. The van der Waals surface area contributed by atoms with Crippen molar-refractivity contribution in [1.82, 2.24) is 0 Å². The van der Waals surface area contributed by atoms with Crippen LogP contribution in [-0.2, 0) is 0 Å². The van der Waals surface area contributed by atoms with Crippen LogP contribution >= 0.6 is 0 Å². The van der Waals surface area contributed by atoms with E-state index < -0.39 is 6.04 Å². The van der Waals surface area contributed by atoms with Crippen LogP contribution in [0.1, 0.15) is 15.9 Å². The van der Waals surface area contributed by atoms with E-state index in [4.69, 9.17) is 0 Å². The highest BCUT2D eigenvalue weighted by atomic mass is 16.4. The van der Waals surface area contributed by atoms with Gasteiger partial charge in [0.15, 0.2) is 11.8 Å². The number of quaternary nitrogens is 1. The highest BCUT2D eigenvalue weighted by molar-refractivity contribution is 6.52. The molecule has 3 aromatic rings. The van der Waals surface area contributed by atoms with Crippen LogP contribution in [0.25, 0.3) is 10.8 Å². The predicted octanol–water partition coefficient (Wildman–Crippen LogP) is 2.34. The van der Waals surface area contributed by atoms with Crippen LogP contribution in [0.2, 0.25) is 0 Å². The molecule has 0 radical (unpaired) electrons. The zero-order chi connectivity index (χ0) is 18.5. The van der Waals surface area contributed by atoms with E-state index in [1.54, 1.807) is 42.5 Å². The van der Waals surface area contributed by atoms with Crippen molar-refractivity contribution in [3.63, 3.8) is 0 Å². The fourth-order valence-electron chi connectivity index (χ4n) is 2.80. The summed E-state index contributed by atoms with van der Waals surface area (Å²) < 4.78 is 0. The molecule has 1 unspecified atom stereocenters. The third kappa shape index (κ3) is 3.31. The van der Waals surface area contributed by atoms with Gasteiger partial charge in [0.25, 0.3) is 0 Å². The summed E-state index contributed by atoms with van der Waals surface area (Å²) in [5.74, 6) is -0.333. The summed E-state index contributed by atoms with van der Waals surface area (Å²) >= 11 is 0. The molecule has 0 saturated heterocycles. The van der Waals surface area contributed by atoms with Crippen molar-refractivity contribution in [2.45, 2.75) is 6.04 Å². The lowest BCUT2D eigenvalue weighted by Gasteiger charge is -2.12. The largest absolute Gasteiger partial charge is 0.410 e. The van der Waals surface area contributed by atoms with Crippen LogP contribution in [0.3, 0.4) is 0 Å². The van der Waals surface area contributed by atoms with E-state index in [0.717, 1.165) is 10.8 Å². The molecule has 0 heterocycles. The monoisotopic (exact) mass is 348 g/mol. The minimum atomic E-state index is -1.03. The number of fused-ring (bicyclic) bond motifs is 1. The molecule has 0 bridgehead atoms. The van der Waals surface area contributed by atoms with Gasteiger partial charge in [-0.3, -0.25) is 4.79 Å². The van der Waals surface area contributed by atoms with E-state index in [1.807, 2.05) is 30.3 Å². The maximum absolute atomic E-state index is 12.8. The van der Waals surface area contributed by atoms with E-state index in [2.05, 4.69) is 16.0 Å². The lowest BCUT2D eigenvalue weighted by molar-refractivity contribution is -0.375. The molecule has 6 heteroatoms. The Balaban J connectivity index is 1.94. The number of hydrogen-bond acceptors (Lipinski definition) is 5. The van der Waals surface area contributed by atoms with Gasteiger partial charge in [0.2, 0.25) is 5.78 Å². The summed E-state index contributed by atoms with van der Waals surface area (Å²) in [4.78, 5) is 12.8. The van der Waals surface area contributed by atoms with Gasteiger partial charge in [-0.05, 0) is 16.8 Å². The number of carbonyl (C=O) groups is 1. The van der Waals surface area contributed by atoms with Crippen LogP contribution in [0, 0.1) is 0 Å². The number of benzene rings is 3. The zero-order valence-electron chi connectivity index (χ0n) is 13.9. The van der Waals surface area contributed by atoms with E-state index in [0.29, 0.717) is 11.1 Å². The van der Waals surface area contributed by atoms with Crippen LogP contribution in [0.5, 0.6) is 0 Å². The van der Waals surface area contributed by atoms with Gasteiger partial charge in [0, 0.05) is 11.1 Å². The van der Waals surface area contributed by atoms with E-state index in [1.165, 1.54) is 0 Å². The molecule has 3 rings (SSSR count). The summed E-state index contributed by atoms with van der Waals surface area (Å²) in [5, 5.41) is 27.1. The topological polar surface area (TPSA) is 110 Å². The molecule has 0 aromatic heterocycles. The number of oxime groups is 2. The van der Waals surface area contributed by atoms with Crippen molar-refractivity contribution < 1.29 is 20.9 Å². The van der Waals surface area contributed by atoms with E-state index in [-0.39, 0.29) is 17.2 Å². The number of hydrogen-bond donors (Lipinski definition) is 3.